The molecule has 0 spiro atoms. The average molecular weight is 420 g/mol. The summed E-state index contributed by atoms with van der Waals surface area (Å²) < 4.78 is 0.791. The molecular weight excluding hydrogens is 410 g/mol. The maximum atomic E-state index is 12.3. The van der Waals surface area contributed by atoms with Crippen LogP contribution in [0.25, 0.3) is 0 Å². The Hall–Kier alpha value is -3.47. The lowest BCUT2D eigenvalue weighted by molar-refractivity contribution is -0.419. The van der Waals surface area contributed by atoms with E-state index in [1.54, 1.807) is 24.3 Å². The van der Waals surface area contributed by atoms with E-state index in [0.717, 1.165) is 4.47 Å². The molecule has 10 nitrogen and oxygen atoms in total. The summed E-state index contributed by atoms with van der Waals surface area (Å²) in [5, 5.41) is 30.0. The SMILES string of the molecule is O=C(Nc1ccc(Br)cc1)/C(=C1\Nc2ccc([N+](=O)[O-])cc2N1)[N+](=O)[O-]. The summed E-state index contributed by atoms with van der Waals surface area (Å²) in [6, 6.07) is 10.4. The standard InChI is InChI=1S/C15H10BrN5O5/c16-8-1-3-9(4-2-8)17-15(22)13(21(25)26)14-18-11-6-5-10(20(23)24)7-12(11)19-14/h1-7,18-19H,(H,17,22)/b14-13-. The van der Waals surface area contributed by atoms with Crippen molar-refractivity contribution in [1.29, 1.82) is 0 Å². The maximum Gasteiger partial charge on any atom is 0.373 e. The van der Waals surface area contributed by atoms with E-state index in [1.807, 2.05) is 0 Å². The molecule has 0 aromatic heterocycles. The monoisotopic (exact) mass is 419 g/mol. The van der Waals surface area contributed by atoms with Crippen molar-refractivity contribution in [2.45, 2.75) is 0 Å². The van der Waals surface area contributed by atoms with Gasteiger partial charge < -0.3 is 16.0 Å². The number of carbonyl (C=O) groups is 1. The number of nitrogens with one attached hydrogen (secondary N) is 3. The lowest BCUT2D eigenvalue weighted by atomic mass is 10.2. The molecular formula is C15H10BrN5O5. The molecule has 2 aromatic rings. The fraction of sp³-hybridized carbons (Fsp3) is 0. The minimum Gasteiger partial charge on any atom is -0.334 e. The van der Waals surface area contributed by atoms with E-state index in [9.17, 15) is 25.0 Å². The van der Waals surface area contributed by atoms with E-state index in [4.69, 9.17) is 0 Å². The van der Waals surface area contributed by atoms with Gasteiger partial charge in [-0.15, -0.1) is 0 Å². The number of anilines is 3. The number of rotatable bonds is 4. The Morgan fingerprint density at radius 2 is 1.65 bits per heavy atom. The van der Waals surface area contributed by atoms with Crippen LogP contribution in [0, 0.1) is 20.2 Å². The predicted octanol–water partition coefficient (Wildman–Crippen LogP) is 3.28. The van der Waals surface area contributed by atoms with Gasteiger partial charge in [-0.3, -0.25) is 25.0 Å². The molecule has 132 valence electrons. The third-order valence-corrected chi connectivity index (χ3v) is 4.00. The normalized spacial score (nSPS) is 13.9. The zero-order valence-electron chi connectivity index (χ0n) is 12.9. The van der Waals surface area contributed by atoms with Gasteiger partial charge in [0.1, 0.15) is 0 Å². The van der Waals surface area contributed by atoms with Crippen LogP contribution >= 0.6 is 15.9 Å². The number of benzene rings is 2. The largest absolute Gasteiger partial charge is 0.373 e. The topological polar surface area (TPSA) is 139 Å². The number of hydrogen-bond donors (Lipinski definition) is 3. The first-order valence-electron chi connectivity index (χ1n) is 7.13. The number of nitro groups is 2. The Morgan fingerprint density at radius 3 is 2.27 bits per heavy atom. The number of nitro benzene ring substituents is 1. The highest BCUT2D eigenvalue weighted by atomic mass is 79.9. The highest BCUT2D eigenvalue weighted by Crippen LogP contribution is 2.34. The Bertz CT molecular complexity index is 957. The van der Waals surface area contributed by atoms with E-state index in [0.29, 0.717) is 11.4 Å². The van der Waals surface area contributed by atoms with Crippen molar-refractivity contribution < 1.29 is 14.6 Å². The predicted molar refractivity (Wildman–Crippen MR) is 97.1 cm³/mol. The number of amides is 1. The summed E-state index contributed by atoms with van der Waals surface area (Å²) in [4.78, 5) is 33.1. The molecule has 0 saturated carbocycles. The summed E-state index contributed by atoms with van der Waals surface area (Å²) >= 11 is 3.25. The van der Waals surface area contributed by atoms with Crippen molar-refractivity contribution in [2.24, 2.45) is 0 Å². The lowest BCUT2D eigenvalue weighted by Crippen LogP contribution is -2.24. The van der Waals surface area contributed by atoms with Crippen LogP contribution in [0.3, 0.4) is 0 Å². The molecule has 0 radical (unpaired) electrons. The van der Waals surface area contributed by atoms with Crippen LogP contribution in [0.5, 0.6) is 0 Å². The molecule has 3 N–H and O–H groups in total. The molecule has 26 heavy (non-hydrogen) atoms. The fourth-order valence-corrected chi connectivity index (χ4v) is 2.55. The molecule has 11 heteroatoms. The molecule has 0 saturated heterocycles. The van der Waals surface area contributed by atoms with Gasteiger partial charge in [-0.25, -0.2) is 0 Å². The van der Waals surface area contributed by atoms with E-state index >= 15 is 0 Å². The van der Waals surface area contributed by atoms with Gasteiger partial charge in [0.25, 0.3) is 5.69 Å². The number of non-ortho nitro benzene ring substituents is 1. The molecule has 0 aliphatic carbocycles. The zero-order valence-corrected chi connectivity index (χ0v) is 14.4. The molecule has 0 atom stereocenters. The average Bonchev–Trinajstić information content (AvgIpc) is 2.98. The summed E-state index contributed by atoms with van der Waals surface area (Å²) in [6.45, 7) is 0. The first-order chi connectivity index (χ1) is 12.3. The van der Waals surface area contributed by atoms with Crippen LogP contribution in [0.4, 0.5) is 22.7 Å². The van der Waals surface area contributed by atoms with Crippen LogP contribution < -0.4 is 16.0 Å². The highest BCUT2D eigenvalue weighted by molar-refractivity contribution is 9.10. The fourth-order valence-electron chi connectivity index (χ4n) is 2.29. The summed E-state index contributed by atoms with van der Waals surface area (Å²) in [5.74, 6) is -1.10. The summed E-state index contributed by atoms with van der Waals surface area (Å²) in [6.07, 6.45) is 0. The number of nitrogens with zero attached hydrogens (tertiary/aromatic N) is 2. The quantitative estimate of drug-likeness (QED) is 0.392. The molecule has 0 unspecified atom stereocenters. The molecule has 1 heterocycles. The van der Waals surface area contributed by atoms with Crippen molar-refractivity contribution in [2.75, 3.05) is 16.0 Å². The first kappa shape index (κ1) is 17.4. The van der Waals surface area contributed by atoms with Crippen molar-refractivity contribution >= 4 is 44.6 Å². The van der Waals surface area contributed by atoms with Crippen LogP contribution in [0.2, 0.25) is 0 Å². The highest BCUT2D eigenvalue weighted by Gasteiger charge is 2.32. The molecule has 1 amide bonds. The summed E-state index contributed by atoms with van der Waals surface area (Å²) in [7, 11) is 0. The van der Waals surface area contributed by atoms with Gasteiger partial charge in [0.05, 0.1) is 21.2 Å². The second-order valence-corrected chi connectivity index (χ2v) is 6.09. The Balaban J connectivity index is 1.89. The van der Waals surface area contributed by atoms with Crippen molar-refractivity contribution in [3.8, 4) is 0 Å². The molecule has 3 rings (SSSR count). The van der Waals surface area contributed by atoms with E-state index < -0.39 is 21.5 Å². The van der Waals surface area contributed by atoms with Gasteiger partial charge in [0.2, 0.25) is 0 Å². The maximum absolute atomic E-state index is 12.3. The lowest BCUT2D eigenvalue weighted by Gasteiger charge is -2.06. The van der Waals surface area contributed by atoms with Crippen LogP contribution in [-0.2, 0) is 4.79 Å². The Morgan fingerprint density at radius 1 is 1.00 bits per heavy atom. The molecule has 1 aliphatic heterocycles. The van der Waals surface area contributed by atoms with Crippen molar-refractivity contribution in [1.82, 2.24) is 0 Å². The number of hydrogen-bond acceptors (Lipinski definition) is 7. The molecule has 0 fully saturated rings. The van der Waals surface area contributed by atoms with Gasteiger partial charge in [0, 0.05) is 22.3 Å². The Kier molecular flexibility index (Phi) is 4.54. The Labute approximate surface area is 154 Å². The zero-order chi connectivity index (χ0) is 18.8. The van der Waals surface area contributed by atoms with Crippen LogP contribution in [0.15, 0.2) is 58.5 Å². The number of fused-ring (bicyclic) bond motifs is 1. The van der Waals surface area contributed by atoms with E-state index in [1.165, 1.54) is 18.2 Å². The van der Waals surface area contributed by atoms with Crippen LogP contribution in [0.1, 0.15) is 0 Å². The van der Waals surface area contributed by atoms with E-state index in [2.05, 4.69) is 31.9 Å². The minimum atomic E-state index is -0.936. The van der Waals surface area contributed by atoms with Gasteiger partial charge in [-0.2, -0.15) is 0 Å². The minimum absolute atomic E-state index is 0.167. The molecule has 2 aromatic carbocycles. The smallest absolute Gasteiger partial charge is 0.334 e. The second-order valence-electron chi connectivity index (χ2n) is 5.18. The summed E-state index contributed by atoms with van der Waals surface area (Å²) in [5.41, 5.74) is 0.115. The second kappa shape index (κ2) is 6.80. The van der Waals surface area contributed by atoms with Gasteiger partial charge in [-0.1, -0.05) is 15.9 Å². The number of halogens is 1. The molecule has 0 bridgehead atoms. The van der Waals surface area contributed by atoms with Gasteiger partial charge >= 0.3 is 11.6 Å². The van der Waals surface area contributed by atoms with E-state index in [-0.39, 0.29) is 17.2 Å². The first-order valence-corrected chi connectivity index (χ1v) is 7.92. The van der Waals surface area contributed by atoms with Crippen LogP contribution in [-0.4, -0.2) is 15.8 Å². The third kappa shape index (κ3) is 3.47. The van der Waals surface area contributed by atoms with Gasteiger partial charge in [-0.05, 0) is 30.3 Å². The van der Waals surface area contributed by atoms with Gasteiger partial charge in [0.15, 0.2) is 5.82 Å². The number of carbonyl (C=O) groups excluding carboxylic acids is 1. The van der Waals surface area contributed by atoms with Crippen molar-refractivity contribution in [3.63, 3.8) is 0 Å². The third-order valence-electron chi connectivity index (χ3n) is 3.47. The molecule has 1 aliphatic rings. The van der Waals surface area contributed by atoms with Crippen molar-refractivity contribution in [3.05, 3.63) is 78.7 Å².